The Morgan fingerprint density at radius 3 is 2.02 bits per heavy atom. The lowest BCUT2D eigenvalue weighted by Crippen LogP contribution is -2.56. The molecule has 0 saturated carbocycles. The summed E-state index contributed by atoms with van der Waals surface area (Å²) in [6.45, 7) is 19.4. The highest BCUT2D eigenvalue weighted by Crippen LogP contribution is 2.61. The Kier molecular flexibility index (Phi) is 19.6. The van der Waals surface area contributed by atoms with E-state index in [1.165, 1.54) is 13.3 Å². The number of ether oxygens (including phenoxy) is 1. The smallest absolute Gasteiger partial charge is 0.394 e. The first-order valence-corrected chi connectivity index (χ1v) is 32.1. The Morgan fingerprint density at radius 2 is 1.43 bits per heavy atom. The molecule has 1 aromatic heterocycles. The largest absolute Gasteiger partial charge is 0.472 e. The third-order valence-corrected chi connectivity index (χ3v) is 21.8. The van der Waals surface area contributed by atoms with Gasteiger partial charge in [-0.15, -0.1) is 0 Å². The maximum atomic E-state index is 14.4. The molecule has 2 fully saturated rings. The molecule has 1 aromatic carbocycles. The minimum absolute atomic E-state index is 0.00337. The molecule has 6 aliphatic rings. The lowest BCUT2D eigenvalue weighted by molar-refractivity contribution is -0.539. The van der Waals surface area contributed by atoms with Crippen LogP contribution in [0.1, 0.15) is 150 Å². The summed E-state index contributed by atoms with van der Waals surface area (Å²) in [5.74, 6) is -6.99. The number of allylic oxidation sites excluding steroid dienone is 4. The third-order valence-electron chi connectivity index (χ3n) is 20.7. The zero-order chi connectivity index (χ0) is 66.7. The highest BCUT2D eigenvalue weighted by molar-refractivity contribution is 7.47. The topological polar surface area (TPSA) is 451 Å². The minimum Gasteiger partial charge on any atom is -0.394 e. The maximum Gasteiger partial charge on any atom is 0.472 e. The van der Waals surface area contributed by atoms with E-state index in [4.69, 9.17) is 58.2 Å². The number of amides is 7. The van der Waals surface area contributed by atoms with Gasteiger partial charge in [0.1, 0.15) is 24.0 Å². The van der Waals surface area contributed by atoms with Gasteiger partial charge in [-0.2, -0.15) is 4.58 Å². The number of aliphatic imine (C=N–C) groups is 2. The number of aromatic nitrogens is 2. The molecular formula is C62H91N13O14P+. The van der Waals surface area contributed by atoms with Crippen LogP contribution in [0.4, 0.5) is 0 Å². The van der Waals surface area contributed by atoms with Gasteiger partial charge in [-0.25, -0.2) is 9.55 Å². The molecule has 0 spiro atoms. The van der Waals surface area contributed by atoms with Crippen LogP contribution in [0.2, 0.25) is 0 Å². The average Bonchev–Trinajstić information content (AvgIpc) is 1.53. The monoisotopic (exact) mass is 1270 g/mol. The highest BCUT2D eigenvalue weighted by atomic mass is 31.2. The molecule has 492 valence electrons. The van der Waals surface area contributed by atoms with E-state index in [2.05, 4.69) is 15.6 Å². The van der Waals surface area contributed by atoms with Crippen LogP contribution in [0, 0.1) is 53.8 Å². The summed E-state index contributed by atoms with van der Waals surface area (Å²) in [6.07, 6.45) is -2.10. The number of carbonyl (C=O) groups is 7. The number of aryl methyl sites for hydroxylation is 2. The molecule has 28 heteroatoms. The number of aliphatic hydroxyl groups excluding tert-OH is 2. The average molecular weight is 1270 g/mol. The summed E-state index contributed by atoms with van der Waals surface area (Å²) in [6, 6.07) is 2.71. The van der Waals surface area contributed by atoms with Crippen LogP contribution in [-0.4, -0.2) is 142 Å². The van der Waals surface area contributed by atoms with Crippen molar-refractivity contribution in [1.82, 2.24) is 20.2 Å². The van der Waals surface area contributed by atoms with Gasteiger partial charge in [-0.3, -0.25) is 52.6 Å². The van der Waals surface area contributed by atoms with Gasteiger partial charge < -0.3 is 69.4 Å². The summed E-state index contributed by atoms with van der Waals surface area (Å²) >= 11 is 0. The summed E-state index contributed by atoms with van der Waals surface area (Å²) in [4.78, 5) is 120. The molecule has 15 atom stereocenters. The molecule has 7 heterocycles. The fourth-order valence-corrected chi connectivity index (χ4v) is 16.7. The second kappa shape index (κ2) is 25.6. The van der Waals surface area contributed by atoms with E-state index in [1.807, 2.05) is 98.2 Å². The number of carbonyl (C=O) groups excluding carboxylic acids is 7. The van der Waals surface area contributed by atoms with Crippen LogP contribution in [0.5, 0.6) is 0 Å². The van der Waals surface area contributed by atoms with E-state index < -0.39 is 143 Å². The van der Waals surface area contributed by atoms with Crippen molar-refractivity contribution in [2.45, 2.75) is 195 Å². The van der Waals surface area contributed by atoms with E-state index in [9.17, 15) is 53.2 Å². The Bertz CT molecular complexity index is 3540. The van der Waals surface area contributed by atoms with E-state index >= 15 is 0 Å². The van der Waals surface area contributed by atoms with Gasteiger partial charge >= 0.3 is 7.82 Å². The van der Waals surface area contributed by atoms with Crippen LogP contribution in [-0.2, 0) is 51.9 Å². The Balaban J connectivity index is 1.19. The number of aliphatic hydroxyl groups is 2. The molecule has 8 rings (SSSR count). The Hall–Kier alpha value is -7.00. The van der Waals surface area contributed by atoms with Crippen molar-refractivity contribution in [3.8, 4) is 0 Å². The normalized spacial score (nSPS) is 32.6. The Morgan fingerprint density at radius 1 is 0.833 bits per heavy atom. The molecule has 90 heavy (non-hydrogen) atoms. The molecule has 2 saturated heterocycles. The van der Waals surface area contributed by atoms with Crippen molar-refractivity contribution in [3.05, 3.63) is 64.4 Å². The number of phosphoric acid groups is 1. The molecule has 27 nitrogen and oxygen atoms in total. The zero-order valence-electron chi connectivity index (χ0n) is 53.3. The number of fused-ring (bicyclic) bond motifs is 7. The van der Waals surface area contributed by atoms with Crippen molar-refractivity contribution in [3.63, 3.8) is 0 Å². The first-order chi connectivity index (χ1) is 41.8. The molecule has 8 bridgehead atoms. The molecule has 2 aromatic rings. The Labute approximate surface area is 523 Å². The van der Waals surface area contributed by atoms with Gasteiger partial charge in [0, 0.05) is 116 Å². The van der Waals surface area contributed by atoms with Gasteiger partial charge in [0.2, 0.25) is 41.4 Å². The van der Waals surface area contributed by atoms with Crippen molar-refractivity contribution in [1.29, 1.82) is 0 Å². The number of hydrogen-bond acceptors (Lipinski definition) is 17. The number of nitrogens with one attached hydrogen (secondary N) is 2. The lowest BCUT2D eigenvalue weighted by Gasteiger charge is -2.48. The number of hydrogen-bond donors (Lipinski definition) is 11. The van der Waals surface area contributed by atoms with Gasteiger partial charge in [-0.1, -0.05) is 27.7 Å². The highest BCUT2D eigenvalue weighted by Gasteiger charge is 2.67. The molecule has 0 radical (unpaired) electrons. The molecule has 7 amide bonds. The van der Waals surface area contributed by atoms with Crippen molar-refractivity contribution < 1.29 is 71.6 Å². The van der Waals surface area contributed by atoms with Crippen LogP contribution in [0.25, 0.3) is 11.0 Å². The van der Waals surface area contributed by atoms with Gasteiger partial charge in [0.05, 0.1) is 54.0 Å². The second-order valence-corrected chi connectivity index (χ2v) is 28.5. The van der Waals surface area contributed by atoms with Crippen molar-refractivity contribution in [2.75, 3.05) is 13.2 Å². The summed E-state index contributed by atoms with van der Waals surface area (Å²) in [5.41, 5.74) is 37.5. The molecular weight excluding hydrogens is 1180 g/mol. The fourth-order valence-electron chi connectivity index (χ4n) is 15.5. The number of nitrogens with two attached hydrogens (primary N) is 6. The van der Waals surface area contributed by atoms with E-state index in [0.717, 1.165) is 11.1 Å². The van der Waals surface area contributed by atoms with Crippen molar-refractivity contribution in [2.24, 2.45) is 84.3 Å². The van der Waals surface area contributed by atoms with Gasteiger partial charge in [0.15, 0.2) is 23.7 Å². The number of rotatable bonds is 26. The lowest BCUT2D eigenvalue weighted by atomic mass is 9.55. The molecule has 17 N–H and O–H groups in total. The van der Waals surface area contributed by atoms with Gasteiger partial charge in [0.25, 0.3) is 0 Å². The van der Waals surface area contributed by atoms with Crippen LogP contribution in [0.15, 0.2) is 63.3 Å². The maximum absolute atomic E-state index is 14.4. The first kappa shape index (κ1) is 68.9. The minimum atomic E-state index is -5.06. The van der Waals surface area contributed by atoms with Crippen LogP contribution in [0.3, 0.4) is 0 Å². The van der Waals surface area contributed by atoms with E-state index in [-0.39, 0.29) is 77.2 Å². The number of phosphoric ester groups is 1. The number of primary amides is 6. The predicted octanol–water partition coefficient (Wildman–Crippen LogP) is 2.56. The summed E-state index contributed by atoms with van der Waals surface area (Å²) in [5, 5.41) is 28.3. The second-order valence-electron chi connectivity index (χ2n) is 27.1. The van der Waals surface area contributed by atoms with Crippen molar-refractivity contribution >= 4 is 77.3 Å². The SMILES string of the molecule is CC1=C2N/C(=C\C3=C[N+](=C(C)C4=N[C@@](C)([C@@H]5N=C1[C@](C)(CCC(=O)NC[C@@H](C)OP(=O)(O)O[C@H]1[C@@H](O)[C@@H](n6cnc7cc(C)c(C)cc76)O[C@@H]1CO)[C@H]5CC(N)=O)[C@@](C)(CC(N)=O)[C@@H]4CCC(N)=O)[C@@](C)(CC(N)=O)[C@@H]3CCC(N)=O)C(C)(C)[C@@H]2CCC(N)=O. The quantitative estimate of drug-likeness (QED) is 0.0476. The number of nitrogens with zero attached hydrogens (tertiary/aromatic N) is 5. The van der Waals surface area contributed by atoms with E-state index in [1.54, 1.807) is 4.57 Å². The molecule has 1 unspecified atom stereocenters. The van der Waals surface area contributed by atoms with Gasteiger partial charge in [-0.05, 0) is 95.2 Å². The van der Waals surface area contributed by atoms with Crippen LogP contribution >= 0.6 is 7.82 Å². The zero-order valence-corrected chi connectivity index (χ0v) is 54.2. The van der Waals surface area contributed by atoms with E-state index in [0.29, 0.717) is 50.7 Å². The van der Waals surface area contributed by atoms with Crippen LogP contribution < -0.4 is 45.0 Å². The fraction of sp³-hybridized carbons (Fsp3) is 0.629. The first-order valence-electron chi connectivity index (χ1n) is 30.6. The third kappa shape index (κ3) is 13.0. The number of imidazole rings is 1. The molecule has 6 aliphatic heterocycles. The summed E-state index contributed by atoms with van der Waals surface area (Å²) < 4.78 is 34.2. The predicted molar refractivity (Wildman–Crippen MR) is 333 cm³/mol. The number of benzene rings is 1. The summed E-state index contributed by atoms with van der Waals surface area (Å²) in [7, 11) is -5.06. The molecule has 0 aliphatic carbocycles. The standard InChI is InChI=1S/C62H90N13O14P/c1-30-20-40-41(21-31(30)2)74(29-70-40)57-53(84)54(42(28-76)87-57)89-90(85,86)88-32(3)26-69-50(83)18-19-59(8)39(23-47(66)80)56-62(11)60(9,24-48(67)81)38(14-17-46(65)79)52(73-62)34(5)75-27-35(36(12-15-44(63)77)61(75,10)25-49(68)82)22-43-58(6,7)37(13-16-45(64)78)51(71-43)33(4)55(59)72-56/h20-22,27,29,32,36-39,42,53-54,56-57,76,84H,12-19,23-26,28H2,1-11H3,(H14-,63,64,65,66,67,68,69,71,72,73,77,78,79,80,81,82,83,85,86)/p+1/t32-,36-,37-,38-,39+,42-,53-,54-,56-,57+,59-,60+,61+,62+/m1/s1.